The minimum Gasteiger partial charge on any atom is -0.486 e. The Kier molecular flexibility index (Phi) is 6.05. The molecule has 0 saturated heterocycles. The smallest absolute Gasteiger partial charge is 0.304 e. The zero-order valence-electron chi connectivity index (χ0n) is 16.6. The summed E-state index contributed by atoms with van der Waals surface area (Å²) < 4.78 is 20.2. The zero-order chi connectivity index (χ0) is 20.9. The Balaban J connectivity index is 1.44. The topological polar surface area (TPSA) is 62.7 Å². The Labute approximate surface area is 174 Å². The fourth-order valence-corrected chi connectivity index (χ4v) is 3.59. The molecule has 1 aliphatic rings. The van der Waals surface area contributed by atoms with Crippen molar-refractivity contribution in [2.45, 2.75) is 26.0 Å². The second kappa shape index (κ2) is 9.05. The van der Waals surface area contributed by atoms with Crippen molar-refractivity contribution in [3.8, 4) is 17.0 Å². The maximum atomic E-state index is 14.6. The summed E-state index contributed by atoms with van der Waals surface area (Å²) in [6.45, 7) is 2.31. The van der Waals surface area contributed by atoms with Crippen LogP contribution in [0.25, 0.3) is 11.3 Å². The van der Waals surface area contributed by atoms with E-state index in [1.165, 1.54) is 6.07 Å². The molecule has 0 unspecified atom stereocenters. The van der Waals surface area contributed by atoms with Crippen molar-refractivity contribution >= 4 is 5.97 Å². The largest absolute Gasteiger partial charge is 0.486 e. The summed E-state index contributed by atoms with van der Waals surface area (Å²) in [6, 6.07) is 18.5. The maximum Gasteiger partial charge on any atom is 0.304 e. The standard InChI is InChI=1S/C24H23FN2O3/c25-20-14-18(7-9-23(20)30-16-17-4-2-1-3-5-17)21-8-6-19-15-27(13-11-24(28)29)12-10-22(19)26-21/h1-9,14H,10-13,15-16H2,(H,28,29). The fraction of sp³-hybridized carbons (Fsp3) is 0.250. The minimum absolute atomic E-state index is 0.138. The molecule has 2 heterocycles. The third-order valence-electron chi connectivity index (χ3n) is 5.23. The Morgan fingerprint density at radius 1 is 1.13 bits per heavy atom. The summed E-state index contributed by atoms with van der Waals surface area (Å²) in [5, 5.41) is 8.86. The van der Waals surface area contributed by atoms with Crippen LogP contribution in [0.15, 0.2) is 60.7 Å². The number of carboxylic acid groups (broad SMARTS) is 1. The highest BCUT2D eigenvalue weighted by Gasteiger charge is 2.19. The highest BCUT2D eigenvalue weighted by molar-refractivity contribution is 5.66. The van der Waals surface area contributed by atoms with Gasteiger partial charge in [0.05, 0.1) is 12.1 Å². The molecule has 1 aliphatic heterocycles. The molecular weight excluding hydrogens is 383 g/mol. The van der Waals surface area contributed by atoms with Crippen LogP contribution in [0, 0.1) is 5.82 Å². The van der Waals surface area contributed by atoms with Gasteiger partial charge < -0.3 is 9.84 Å². The number of fused-ring (bicyclic) bond motifs is 1. The molecule has 3 aromatic rings. The van der Waals surface area contributed by atoms with Crippen LogP contribution in [0.3, 0.4) is 0 Å². The van der Waals surface area contributed by atoms with Gasteiger partial charge >= 0.3 is 5.97 Å². The number of aromatic nitrogens is 1. The third-order valence-corrected chi connectivity index (χ3v) is 5.23. The molecule has 30 heavy (non-hydrogen) atoms. The van der Waals surface area contributed by atoms with Crippen molar-refractivity contribution in [3.05, 3.63) is 83.3 Å². The van der Waals surface area contributed by atoms with E-state index in [4.69, 9.17) is 14.8 Å². The van der Waals surface area contributed by atoms with Crippen molar-refractivity contribution < 1.29 is 19.0 Å². The summed E-state index contributed by atoms with van der Waals surface area (Å²) in [4.78, 5) is 17.6. The molecule has 0 saturated carbocycles. The van der Waals surface area contributed by atoms with Gasteiger partial charge in [-0.3, -0.25) is 14.7 Å². The highest BCUT2D eigenvalue weighted by atomic mass is 19.1. The van der Waals surface area contributed by atoms with Crippen LogP contribution in [-0.2, 0) is 24.4 Å². The van der Waals surface area contributed by atoms with E-state index in [0.29, 0.717) is 25.3 Å². The van der Waals surface area contributed by atoms with E-state index in [1.54, 1.807) is 6.07 Å². The highest BCUT2D eigenvalue weighted by Crippen LogP contribution is 2.27. The zero-order valence-corrected chi connectivity index (χ0v) is 16.6. The first-order valence-corrected chi connectivity index (χ1v) is 9.98. The lowest BCUT2D eigenvalue weighted by Crippen LogP contribution is -2.32. The molecule has 0 aliphatic carbocycles. The van der Waals surface area contributed by atoms with E-state index in [9.17, 15) is 9.18 Å². The maximum absolute atomic E-state index is 14.6. The molecule has 0 fully saturated rings. The Bertz CT molecular complexity index is 1040. The van der Waals surface area contributed by atoms with Gasteiger partial charge in [0.25, 0.3) is 0 Å². The number of pyridine rings is 1. The van der Waals surface area contributed by atoms with Gasteiger partial charge in [0, 0.05) is 37.3 Å². The van der Waals surface area contributed by atoms with Crippen molar-refractivity contribution in [3.63, 3.8) is 0 Å². The first-order chi connectivity index (χ1) is 14.6. The van der Waals surface area contributed by atoms with E-state index in [0.717, 1.165) is 35.5 Å². The van der Waals surface area contributed by atoms with E-state index in [1.807, 2.05) is 48.5 Å². The van der Waals surface area contributed by atoms with Crippen LogP contribution >= 0.6 is 0 Å². The predicted octanol–water partition coefficient (Wildman–Crippen LogP) is 4.30. The van der Waals surface area contributed by atoms with Crippen LogP contribution < -0.4 is 4.74 Å². The predicted molar refractivity (Wildman–Crippen MR) is 112 cm³/mol. The Morgan fingerprint density at radius 2 is 1.97 bits per heavy atom. The molecule has 4 rings (SSSR count). The summed E-state index contributed by atoms with van der Waals surface area (Å²) >= 11 is 0. The Morgan fingerprint density at radius 3 is 2.73 bits per heavy atom. The normalized spacial score (nSPS) is 13.6. The van der Waals surface area contributed by atoms with Crippen LogP contribution in [0.2, 0.25) is 0 Å². The lowest BCUT2D eigenvalue weighted by atomic mass is 10.0. The summed E-state index contributed by atoms with van der Waals surface area (Å²) in [5.41, 5.74) is 4.49. The van der Waals surface area contributed by atoms with Crippen LogP contribution in [-0.4, -0.2) is 34.0 Å². The number of ether oxygens (including phenoxy) is 1. The molecule has 0 spiro atoms. The number of nitrogens with zero attached hydrogens (tertiary/aromatic N) is 2. The lowest BCUT2D eigenvalue weighted by Gasteiger charge is -2.27. The van der Waals surface area contributed by atoms with E-state index >= 15 is 0 Å². The summed E-state index contributed by atoms with van der Waals surface area (Å²) in [5.74, 6) is -0.982. The molecule has 0 atom stereocenters. The molecule has 1 aromatic heterocycles. The van der Waals surface area contributed by atoms with Crippen molar-refractivity contribution in [2.75, 3.05) is 13.1 Å². The number of carboxylic acids is 1. The minimum atomic E-state index is -0.785. The van der Waals surface area contributed by atoms with Gasteiger partial charge in [-0.1, -0.05) is 36.4 Å². The van der Waals surface area contributed by atoms with E-state index < -0.39 is 11.8 Å². The van der Waals surface area contributed by atoms with Gasteiger partial charge in [0.2, 0.25) is 0 Å². The van der Waals surface area contributed by atoms with Gasteiger partial charge in [-0.25, -0.2) is 4.39 Å². The number of aliphatic carboxylic acids is 1. The molecule has 6 heteroatoms. The molecule has 5 nitrogen and oxygen atoms in total. The average molecular weight is 406 g/mol. The third kappa shape index (κ3) is 4.83. The summed E-state index contributed by atoms with van der Waals surface area (Å²) in [7, 11) is 0. The second-order valence-electron chi connectivity index (χ2n) is 7.39. The number of rotatable bonds is 7. The first kappa shape index (κ1) is 20.0. The fourth-order valence-electron chi connectivity index (χ4n) is 3.59. The summed E-state index contributed by atoms with van der Waals surface area (Å²) in [6.07, 6.45) is 0.891. The quantitative estimate of drug-likeness (QED) is 0.634. The van der Waals surface area contributed by atoms with Crippen molar-refractivity contribution in [1.29, 1.82) is 0 Å². The van der Waals surface area contributed by atoms with Gasteiger partial charge in [0.15, 0.2) is 11.6 Å². The van der Waals surface area contributed by atoms with Gasteiger partial charge in [-0.05, 0) is 35.4 Å². The Hall–Kier alpha value is -3.25. The van der Waals surface area contributed by atoms with E-state index in [-0.39, 0.29) is 12.2 Å². The monoisotopic (exact) mass is 406 g/mol. The SMILES string of the molecule is O=C(O)CCN1CCc2nc(-c3ccc(OCc4ccccc4)c(F)c3)ccc2C1. The molecule has 2 aromatic carbocycles. The van der Waals surface area contributed by atoms with Crippen molar-refractivity contribution in [2.24, 2.45) is 0 Å². The van der Waals surface area contributed by atoms with Crippen LogP contribution in [0.5, 0.6) is 5.75 Å². The first-order valence-electron chi connectivity index (χ1n) is 9.98. The van der Waals surface area contributed by atoms with E-state index in [2.05, 4.69) is 4.90 Å². The van der Waals surface area contributed by atoms with Gasteiger partial charge in [-0.15, -0.1) is 0 Å². The molecule has 0 radical (unpaired) electrons. The number of hydrogen-bond donors (Lipinski definition) is 1. The molecule has 0 amide bonds. The molecule has 154 valence electrons. The lowest BCUT2D eigenvalue weighted by molar-refractivity contribution is -0.137. The van der Waals surface area contributed by atoms with Crippen LogP contribution in [0.4, 0.5) is 4.39 Å². The molecule has 1 N–H and O–H groups in total. The number of benzene rings is 2. The molecular formula is C24H23FN2O3. The number of halogens is 1. The number of carbonyl (C=O) groups is 1. The number of hydrogen-bond acceptors (Lipinski definition) is 4. The molecule has 0 bridgehead atoms. The van der Waals surface area contributed by atoms with Gasteiger partial charge in [-0.2, -0.15) is 0 Å². The average Bonchev–Trinajstić information content (AvgIpc) is 2.77. The van der Waals surface area contributed by atoms with Crippen molar-refractivity contribution in [1.82, 2.24) is 9.88 Å². The van der Waals surface area contributed by atoms with Crippen LogP contribution in [0.1, 0.15) is 23.2 Å². The van der Waals surface area contributed by atoms with Gasteiger partial charge in [0.1, 0.15) is 6.61 Å². The second-order valence-corrected chi connectivity index (χ2v) is 7.39.